The van der Waals surface area contributed by atoms with Crippen LogP contribution < -0.4 is 5.32 Å². The Kier molecular flexibility index (Phi) is 6.49. The Morgan fingerprint density at radius 3 is 2.59 bits per heavy atom. The van der Waals surface area contributed by atoms with E-state index in [9.17, 15) is 23.9 Å². The smallest absolute Gasteiger partial charge is 0.326 e. The molecule has 0 aliphatic carbocycles. The summed E-state index contributed by atoms with van der Waals surface area (Å²) < 4.78 is 17.8. The van der Waals surface area contributed by atoms with Crippen molar-refractivity contribution in [3.63, 3.8) is 0 Å². The van der Waals surface area contributed by atoms with Crippen LogP contribution in [-0.4, -0.2) is 35.6 Å². The lowest BCUT2D eigenvalue weighted by Crippen LogP contribution is -2.45. The minimum atomic E-state index is -1.28. The van der Waals surface area contributed by atoms with Gasteiger partial charge in [0.15, 0.2) is 0 Å². The van der Waals surface area contributed by atoms with Crippen molar-refractivity contribution >= 4 is 17.8 Å². The molecule has 0 bridgehead atoms. The third-order valence-electron chi connectivity index (χ3n) is 3.00. The third kappa shape index (κ3) is 5.16. The monoisotopic (exact) mass is 311 g/mol. The molecule has 7 heteroatoms. The van der Waals surface area contributed by atoms with Gasteiger partial charge in [-0.15, -0.1) is 0 Å². The van der Waals surface area contributed by atoms with Gasteiger partial charge in [0.1, 0.15) is 11.9 Å². The highest BCUT2D eigenvalue weighted by molar-refractivity contribution is 5.96. The molecule has 0 aliphatic rings. The molecule has 2 atom stereocenters. The van der Waals surface area contributed by atoms with Gasteiger partial charge < -0.3 is 15.2 Å². The summed E-state index contributed by atoms with van der Waals surface area (Å²) in [6.07, 6.45) is -0.145. The van der Waals surface area contributed by atoms with Crippen LogP contribution in [0.4, 0.5) is 4.39 Å². The molecule has 0 unspecified atom stereocenters. The van der Waals surface area contributed by atoms with E-state index in [1.807, 2.05) is 0 Å². The quantitative estimate of drug-likeness (QED) is 0.746. The summed E-state index contributed by atoms with van der Waals surface area (Å²) in [6.45, 7) is 3.35. The van der Waals surface area contributed by atoms with Crippen LogP contribution in [0.5, 0.6) is 0 Å². The highest BCUT2D eigenvalue weighted by Crippen LogP contribution is 2.12. The third-order valence-corrected chi connectivity index (χ3v) is 3.00. The summed E-state index contributed by atoms with van der Waals surface area (Å²) in [5.74, 6) is -3.81. The molecular formula is C15H18FNO5. The van der Waals surface area contributed by atoms with Crippen LogP contribution in [0.2, 0.25) is 0 Å². The minimum absolute atomic E-state index is 0.00887. The largest absolute Gasteiger partial charge is 0.480 e. The van der Waals surface area contributed by atoms with Gasteiger partial charge in [0.2, 0.25) is 0 Å². The Bertz CT molecular complexity index is 561. The van der Waals surface area contributed by atoms with E-state index < -0.39 is 35.6 Å². The summed E-state index contributed by atoms with van der Waals surface area (Å²) in [5.41, 5.74) is 0.00887. The number of esters is 1. The number of ether oxygens (including phenoxy) is 1. The van der Waals surface area contributed by atoms with Gasteiger partial charge >= 0.3 is 11.9 Å². The highest BCUT2D eigenvalue weighted by Gasteiger charge is 2.29. The molecule has 0 aliphatic heterocycles. The highest BCUT2D eigenvalue weighted by atomic mass is 19.1. The summed E-state index contributed by atoms with van der Waals surface area (Å²) in [5, 5.41) is 11.5. The van der Waals surface area contributed by atoms with Crippen molar-refractivity contribution in [2.75, 3.05) is 6.61 Å². The summed E-state index contributed by atoms with van der Waals surface area (Å²) in [6, 6.07) is 3.62. The Labute approximate surface area is 127 Å². The first kappa shape index (κ1) is 17.6. The second kappa shape index (κ2) is 8.11. The molecule has 1 aromatic rings. The average Bonchev–Trinajstić information content (AvgIpc) is 2.44. The molecule has 2 N–H and O–H groups in total. The van der Waals surface area contributed by atoms with Gasteiger partial charge in [-0.2, -0.15) is 0 Å². The van der Waals surface area contributed by atoms with Crippen LogP contribution >= 0.6 is 0 Å². The van der Waals surface area contributed by atoms with Crippen LogP contribution in [0.1, 0.15) is 30.6 Å². The van der Waals surface area contributed by atoms with Gasteiger partial charge in [-0.25, -0.2) is 9.18 Å². The molecule has 0 heterocycles. The number of hydrogen-bond donors (Lipinski definition) is 2. The van der Waals surface area contributed by atoms with E-state index in [0.717, 1.165) is 6.07 Å². The lowest BCUT2D eigenvalue weighted by molar-refractivity contribution is -0.145. The molecule has 0 spiro atoms. The zero-order valence-corrected chi connectivity index (χ0v) is 12.3. The molecule has 0 saturated heterocycles. The number of rotatable bonds is 7. The first-order valence-corrected chi connectivity index (χ1v) is 6.80. The number of nitrogens with one attached hydrogen (secondary N) is 1. The first-order valence-electron chi connectivity index (χ1n) is 6.80. The Hall–Kier alpha value is -2.44. The van der Waals surface area contributed by atoms with E-state index in [4.69, 9.17) is 4.74 Å². The van der Waals surface area contributed by atoms with Crippen molar-refractivity contribution < 1.29 is 28.6 Å². The maximum absolute atomic E-state index is 13.1. The van der Waals surface area contributed by atoms with Crippen LogP contribution in [-0.2, 0) is 14.3 Å². The predicted molar refractivity (Wildman–Crippen MR) is 75.7 cm³/mol. The number of carbonyl (C=O) groups excluding carboxylic acids is 2. The fourth-order valence-electron chi connectivity index (χ4n) is 1.90. The summed E-state index contributed by atoms with van der Waals surface area (Å²) >= 11 is 0. The van der Waals surface area contributed by atoms with E-state index in [1.54, 1.807) is 6.92 Å². The number of carbonyl (C=O) groups is 3. The molecule has 0 aromatic heterocycles. The van der Waals surface area contributed by atoms with E-state index in [-0.39, 0.29) is 18.6 Å². The van der Waals surface area contributed by atoms with Crippen LogP contribution in [0.25, 0.3) is 0 Å². The Morgan fingerprint density at radius 2 is 2.05 bits per heavy atom. The van der Waals surface area contributed by atoms with Crippen LogP contribution in [0, 0.1) is 11.7 Å². The number of halogens is 1. The number of aliphatic carboxylic acids is 1. The van der Waals surface area contributed by atoms with Crippen LogP contribution in [0.3, 0.4) is 0 Å². The van der Waals surface area contributed by atoms with E-state index in [1.165, 1.54) is 25.1 Å². The average molecular weight is 311 g/mol. The van der Waals surface area contributed by atoms with E-state index in [2.05, 4.69) is 5.32 Å². The van der Waals surface area contributed by atoms with Crippen molar-refractivity contribution in [2.24, 2.45) is 5.92 Å². The Morgan fingerprint density at radius 1 is 1.36 bits per heavy atom. The van der Waals surface area contributed by atoms with Gasteiger partial charge in [0, 0.05) is 5.56 Å². The topological polar surface area (TPSA) is 92.7 Å². The van der Waals surface area contributed by atoms with Crippen molar-refractivity contribution in [1.29, 1.82) is 0 Å². The lowest BCUT2D eigenvalue weighted by Gasteiger charge is -2.20. The zero-order valence-electron chi connectivity index (χ0n) is 12.3. The van der Waals surface area contributed by atoms with Gasteiger partial charge in [0.25, 0.3) is 5.91 Å². The van der Waals surface area contributed by atoms with Crippen molar-refractivity contribution in [2.45, 2.75) is 26.3 Å². The van der Waals surface area contributed by atoms with Crippen molar-refractivity contribution in [3.05, 3.63) is 35.6 Å². The molecule has 0 radical (unpaired) electrons. The van der Waals surface area contributed by atoms with Gasteiger partial charge in [-0.1, -0.05) is 13.0 Å². The number of carboxylic acids is 1. The molecular weight excluding hydrogens is 293 g/mol. The van der Waals surface area contributed by atoms with Gasteiger partial charge in [0.05, 0.1) is 13.0 Å². The van der Waals surface area contributed by atoms with Gasteiger partial charge in [-0.3, -0.25) is 9.59 Å². The second-order valence-electron chi connectivity index (χ2n) is 4.79. The number of amides is 1. The lowest BCUT2D eigenvalue weighted by atomic mass is 9.98. The summed E-state index contributed by atoms with van der Waals surface area (Å²) in [7, 11) is 0. The number of benzene rings is 1. The first-order chi connectivity index (χ1) is 10.3. The second-order valence-corrected chi connectivity index (χ2v) is 4.79. The van der Waals surface area contributed by atoms with E-state index in [0.29, 0.717) is 0 Å². The molecule has 0 saturated carbocycles. The standard InChI is InChI=1S/C15H18FNO5/c1-3-22-12(18)7-9(2)13(15(20)21)17-14(19)10-5-4-6-11(16)8-10/h4-6,8-9,13H,3,7H2,1-2H3,(H,17,19)(H,20,21)/t9-,13-/m1/s1. The van der Waals surface area contributed by atoms with E-state index >= 15 is 0 Å². The zero-order chi connectivity index (χ0) is 16.7. The maximum atomic E-state index is 13.1. The number of carboxylic acid groups (broad SMARTS) is 1. The summed E-state index contributed by atoms with van der Waals surface area (Å²) in [4.78, 5) is 34.6. The fourth-order valence-corrected chi connectivity index (χ4v) is 1.90. The minimum Gasteiger partial charge on any atom is -0.480 e. The number of hydrogen-bond acceptors (Lipinski definition) is 4. The normalized spacial score (nSPS) is 13.0. The molecule has 22 heavy (non-hydrogen) atoms. The Balaban J connectivity index is 2.77. The molecule has 1 rings (SSSR count). The molecule has 1 amide bonds. The molecule has 1 aromatic carbocycles. The SMILES string of the molecule is CCOC(=O)C[C@@H](C)[C@@H](NC(=O)c1cccc(F)c1)C(=O)O. The van der Waals surface area contributed by atoms with Gasteiger partial charge in [-0.05, 0) is 31.0 Å². The van der Waals surface area contributed by atoms with Crippen molar-refractivity contribution in [1.82, 2.24) is 5.32 Å². The van der Waals surface area contributed by atoms with Crippen molar-refractivity contribution in [3.8, 4) is 0 Å². The molecule has 120 valence electrons. The predicted octanol–water partition coefficient (Wildman–Crippen LogP) is 1.60. The fraction of sp³-hybridized carbons (Fsp3) is 0.400. The maximum Gasteiger partial charge on any atom is 0.326 e. The molecule has 6 nitrogen and oxygen atoms in total. The molecule has 0 fully saturated rings. The van der Waals surface area contributed by atoms with Crippen LogP contribution in [0.15, 0.2) is 24.3 Å².